The maximum Gasteiger partial charge on any atom is 0.196 e. The number of aromatic nitrogens is 4. The smallest absolute Gasteiger partial charge is 0.196 e. The third kappa shape index (κ3) is 4.30. The van der Waals surface area contributed by atoms with E-state index in [1.54, 1.807) is 36.7 Å². The van der Waals surface area contributed by atoms with Crippen molar-refractivity contribution >= 4 is 29.1 Å². The molecule has 5 nitrogen and oxygen atoms in total. The summed E-state index contributed by atoms with van der Waals surface area (Å²) in [5, 5.41) is 10.1. The maximum absolute atomic E-state index is 12.6. The number of halogens is 1. The topological polar surface area (TPSA) is 60.7 Å². The van der Waals surface area contributed by atoms with E-state index in [-0.39, 0.29) is 11.5 Å². The first kappa shape index (κ1) is 20.3. The number of hydrogen-bond donors (Lipinski definition) is 0. The number of Topliss-reactive ketones (excluding diaryl/α,β-unsaturated/α-hetero) is 1. The number of hydrogen-bond acceptors (Lipinski definition) is 5. The molecule has 0 atom stereocenters. The Hall–Kier alpha value is -2.96. The molecule has 0 spiro atoms. The molecule has 0 fully saturated rings. The van der Waals surface area contributed by atoms with Crippen molar-refractivity contribution in [2.75, 3.05) is 5.75 Å². The number of pyridine rings is 1. The van der Waals surface area contributed by atoms with Gasteiger partial charge in [-0.2, -0.15) is 0 Å². The van der Waals surface area contributed by atoms with Gasteiger partial charge in [0.15, 0.2) is 16.8 Å². The summed E-state index contributed by atoms with van der Waals surface area (Å²) in [6.07, 6.45) is 3.46. The summed E-state index contributed by atoms with van der Waals surface area (Å²) in [6.45, 7) is 4.15. The summed E-state index contributed by atoms with van der Waals surface area (Å²) in [4.78, 5) is 16.7. The first-order valence-corrected chi connectivity index (χ1v) is 10.7. The Balaban J connectivity index is 1.69. The molecule has 2 aromatic heterocycles. The van der Waals surface area contributed by atoms with Gasteiger partial charge in [0.2, 0.25) is 0 Å². The predicted molar refractivity (Wildman–Crippen MR) is 121 cm³/mol. The molecule has 2 aromatic carbocycles. The van der Waals surface area contributed by atoms with Crippen LogP contribution in [-0.2, 0) is 0 Å². The van der Waals surface area contributed by atoms with E-state index in [0.717, 1.165) is 11.3 Å². The minimum absolute atomic E-state index is 0.0109. The Bertz CT molecular complexity index is 1190. The largest absolute Gasteiger partial charge is 0.293 e. The lowest BCUT2D eigenvalue weighted by molar-refractivity contribution is 0.102. The number of ketones is 1. The summed E-state index contributed by atoms with van der Waals surface area (Å²) in [7, 11) is 0. The van der Waals surface area contributed by atoms with Gasteiger partial charge in [-0.25, -0.2) is 0 Å². The lowest BCUT2D eigenvalue weighted by atomic mass is 10.1. The van der Waals surface area contributed by atoms with Gasteiger partial charge in [0, 0.05) is 28.5 Å². The van der Waals surface area contributed by atoms with E-state index in [0.29, 0.717) is 21.6 Å². The van der Waals surface area contributed by atoms with Crippen LogP contribution in [0.15, 0.2) is 72.1 Å². The third-order valence-corrected chi connectivity index (χ3v) is 6.00. The molecule has 4 aromatic rings. The van der Waals surface area contributed by atoms with Gasteiger partial charge in [-0.05, 0) is 73.5 Å². The molecule has 4 rings (SSSR count). The van der Waals surface area contributed by atoms with Gasteiger partial charge in [0.05, 0.1) is 11.4 Å². The fourth-order valence-corrected chi connectivity index (χ4v) is 3.97. The van der Waals surface area contributed by atoms with Crippen molar-refractivity contribution in [2.45, 2.75) is 19.0 Å². The van der Waals surface area contributed by atoms with Crippen LogP contribution in [0.3, 0.4) is 0 Å². The second-order valence-electron chi connectivity index (χ2n) is 6.86. The number of aryl methyl sites for hydroxylation is 2. The highest BCUT2D eigenvalue weighted by Crippen LogP contribution is 2.29. The fraction of sp³-hybridized carbons (Fsp3) is 0.130. The predicted octanol–water partition coefficient (Wildman–Crippen LogP) is 5.57. The van der Waals surface area contributed by atoms with Crippen molar-refractivity contribution in [3.63, 3.8) is 0 Å². The number of carbonyl (C=O) groups is 1. The Labute approximate surface area is 184 Å². The number of nitrogens with zero attached hydrogens (tertiary/aromatic N) is 4. The van der Waals surface area contributed by atoms with E-state index in [9.17, 15) is 4.79 Å². The van der Waals surface area contributed by atoms with Crippen molar-refractivity contribution < 1.29 is 4.79 Å². The maximum atomic E-state index is 12.6. The molecule has 150 valence electrons. The van der Waals surface area contributed by atoms with Crippen LogP contribution in [0.1, 0.15) is 21.5 Å². The molecule has 0 aliphatic carbocycles. The number of benzene rings is 2. The van der Waals surface area contributed by atoms with Crippen molar-refractivity contribution in [3.8, 4) is 17.1 Å². The second-order valence-corrected chi connectivity index (χ2v) is 8.24. The van der Waals surface area contributed by atoms with E-state index in [2.05, 4.69) is 41.2 Å². The summed E-state index contributed by atoms with van der Waals surface area (Å²) in [5.41, 5.74) is 4.88. The molecule has 0 radical (unpaired) electrons. The summed E-state index contributed by atoms with van der Waals surface area (Å²) in [6, 6.07) is 16.9. The average molecular weight is 435 g/mol. The van der Waals surface area contributed by atoms with E-state index >= 15 is 0 Å². The Kier molecular flexibility index (Phi) is 5.97. The highest BCUT2D eigenvalue weighted by Gasteiger charge is 2.18. The van der Waals surface area contributed by atoms with E-state index in [4.69, 9.17) is 11.6 Å². The van der Waals surface area contributed by atoms with Crippen LogP contribution in [0.4, 0.5) is 0 Å². The zero-order valence-corrected chi connectivity index (χ0v) is 18.1. The summed E-state index contributed by atoms with van der Waals surface area (Å²) < 4.78 is 1.99. The monoisotopic (exact) mass is 434 g/mol. The molecule has 7 heteroatoms. The Morgan fingerprint density at radius 2 is 1.70 bits per heavy atom. The van der Waals surface area contributed by atoms with Gasteiger partial charge < -0.3 is 0 Å². The minimum atomic E-state index is 0.0109. The van der Waals surface area contributed by atoms with Crippen molar-refractivity contribution in [1.29, 1.82) is 0 Å². The van der Waals surface area contributed by atoms with E-state index < -0.39 is 0 Å². The first-order valence-electron chi connectivity index (χ1n) is 9.38. The molecular weight excluding hydrogens is 416 g/mol. The van der Waals surface area contributed by atoms with Gasteiger partial charge in [0.1, 0.15) is 0 Å². The van der Waals surface area contributed by atoms with E-state index in [1.807, 2.05) is 22.8 Å². The van der Waals surface area contributed by atoms with Crippen LogP contribution in [0.25, 0.3) is 17.1 Å². The van der Waals surface area contributed by atoms with Crippen LogP contribution < -0.4 is 0 Å². The zero-order valence-electron chi connectivity index (χ0n) is 16.5. The highest BCUT2D eigenvalue weighted by molar-refractivity contribution is 7.99. The lowest BCUT2D eigenvalue weighted by Gasteiger charge is -2.12. The van der Waals surface area contributed by atoms with Crippen molar-refractivity contribution in [1.82, 2.24) is 19.7 Å². The molecule has 0 saturated carbocycles. The van der Waals surface area contributed by atoms with Gasteiger partial charge in [0.25, 0.3) is 0 Å². The number of rotatable bonds is 6. The third-order valence-electron chi connectivity index (χ3n) is 4.82. The van der Waals surface area contributed by atoms with E-state index in [1.165, 1.54) is 22.9 Å². The first-order chi connectivity index (χ1) is 14.5. The molecule has 0 bridgehead atoms. The number of thioether (sulfide) groups is 1. The Morgan fingerprint density at radius 1 is 0.967 bits per heavy atom. The molecule has 0 saturated heterocycles. The average Bonchev–Trinajstić information content (AvgIpc) is 3.19. The zero-order chi connectivity index (χ0) is 21.1. The molecular formula is C23H19ClN4OS. The van der Waals surface area contributed by atoms with Gasteiger partial charge in [-0.15, -0.1) is 10.2 Å². The normalized spacial score (nSPS) is 10.9. The number of carbonyl (C=O) groups excluding carboxylic acids is 1. The van der Waals surface area contributed by atoms with Crippen molar-refractivity contribution in [3.05, 3.63) is 88.7 Å². The van der Waals surface area contributed by atoms with Crippen LogP contribution in [0.2, 0.25) is 5.02 Å². The standard InChI is InChI=1S/C23H19ClN4OS/c1-15-3-8-20(13-16(15)2)28-22(18-9-11-25-12-10-18)26-27-23(28)30-14-21(29)17-4-6-19(24)7-5-17/h3-13H,14H2,1-2H3. The highest BCUT2D eigenvalue weighted by atomic mass is 35.5. The molecule has 0 aliphatic heterocycles. The molecule has 0 N–H and O–H groups in total. The lowest BCUT2D eigenvalue weighted by Crippen LogP contribution is -2.05. The van der Waals surface area contributed by atoms with Crippen LogP contribution in [-0.4, -0.2) is 31.3 Å². The van der Waals surface area contributed by atoms with Gasteiger partial charge in [-0.1, -0.05) is 29.4 Å². The molecule has 30 heavy (non-hydrogen) atoms. The van der Waals surface area contributed by atoms with Crippen molar-refractivity contribution in [2.24, 2.45) is 0 Å². The fourth-order valence-electron chi connectivity index (χ4n) is 3.00. The molecule has 2 heterocycles. The van der Waals surface area contributed by atoms with Crippen LogP contribution in [0, 0.1) is 13.8 Å². The van der Waals surface area contributed by atoms with Gasteiger partial charge >= 0.3 is 0 Å². The quantitative estimate of drug-likeness (QED) is 0.293. The molecule has 0 amide bonds. The van der Waals surface area contributed by atoms with Crippen LogP contribution in [0.5, 0.6) is 0 Å². The second kappa shape index (κ2) is 8.81. The summed E-state index contributed by atoms with van der Waals surface area (Å²) >= 11 is 7.29. The summed E-state index contributed by atoms with van der Waals surface area (Å²) in [5.74, 6) is 0.972. The SMILES string of the molecule is Cc1ccc(-n2c(SCC(=O)c3ccc(Cl)cc3)nnc2-c2ccncc2)cc1C. The van der Waals surface area contributed by atoms with Crippen LogP contribution >= 0.6 is 23.4 Å². The molecule has 0 aliphatic rings. The molecule has 0 unspecified atom stereocenters. The minimum Gasteiger partial charge on any atom is -0.293 e. The Morgan fingerprint density at radius 3 is 2.40 bits per heavy atom. The van der Waals surface area contributed by atoms with Gasteiger partial charge in [-0.3, -0.25) is 14.3 Å².